The summed E-state index contributed by atoms with van der Waals surface area (Å²) in [6, 6.07) is 0. The molecule has 1 N–H and O–H groups in total. The molecular weight excluding hydrogens is 128 g/mol. The fourth-order valence-corrected chi connectivity index (χ4v) is 0.325. The summed E-state index contributed by atoms with van der Waals surface area (Å²) in [4.78, 5) is 9.93. The van der Waals surface area contributed by atoms with Gasteiger partial charge in [0.1, 0.15) is 6.20 Å². The van der Waals surface area contributed by atoms with Crippen LogP contribution in [0.2, 0.25) is 0 Å². The van der Waals surface area contributed by atoms with Crippen molar-refractivity contribution < 1.29 is 19.4 Å². The van der Waals surface area contributed by atoms with Gasteiger partial charge < -0.3 is 9.63 Å². The highest BCUT2D eigenvalue weighted by atomic mass is 16.8. The minimum atomic E-state index is -1.31. The van der Waals surface area contributed by atoms with E-state index in [4.69, 9.17) is 5.11 Å². The van der Waals surface area contributed by atoms with Gasteiger partial charge in [-0.15, -0.1) is 0 Å². The van der Waals surface area contributed by atoms with Crippen molar-refractivity contribution in [3.63, 3.8) is 0 Å². The molecule has 1 rings (SSSR count). The second-order valence-corrected chi connectivity index (χ2v) is 1.24. The molecule has 0 saturated carbocycles. The van der Waals surface area contributed by atoms with Crippen LogP contribution in [0.1, 0.15) is 10.6 Å². The summed E-state index contributed by atoms with van der Waals surface area (Å²) in [5, 5.41) is 20.9. The van der Waals surface area contributed by atoms with E-state index in [0.29, 0.717) is 0 Å². The molecule has 0 atom stereocenters. The molecule has 1 aromatic heterocycles. The number of carboxylic acids is 1. The molecule has 0 radical (unpaired) electrons. The van der Waals surface area contributed by atoms with Crippen molar-refractivity contribution in [1.82, 2.24) is 5.10 Å². The number of aromatic carboxylic acids is 1. The molecule has 0 aliphatic carbocycles. The predicted octanol–water partition coefficient (Wildman–Crippen LogP) is -0.994. The van der Waals surface area contributed by atoms with Crippen LogP contribution in [0.4, 0.5) is 0 Å². The second-order valence-electron chi connectivity index (χ2n) is 1.24. The summed E-state index contributed by atoms with van der Waals surface area (Å²) >= 11 is 0. The molecule has 0 unspecified atom stereocenters. The molecule has 6 heteroatoms. The Bertz CT molecular complexity index is 229. The minimum absolute atomic E-state index is 0.177. The lowest BCUT2D eigenvalue weighted by molar-refractivity contribution is -0.840. The van der Waals surface area contributed by atoms with E-state index in [1.165, 1.54) is 0 Å². The van der Waals surface area contributed by atoms with E-state index >= 15 is 0 Å². The molecule has 1 heterocycles. The van der Waals surface area contributed by atoms with Gasteiger partial charge in [0.25, 0.3) is 0 Å². The van der Waals surface area contributed by atoms with Crippen molar-refractivity contribution in [2.24, 2.45) is 0 Å². The lowest BCUT2D eigenvalue weighted by Gasteiger charge is -1.80. The summed E-state index contributed by atoms with van der Waals surface area (Å²) in [5.41, 5.74) is 0. The zero-order chi connectivity index (χ0) is 6.85. The third-order valence-corrected chi connectivity index (χ3v) is 0.656. The Kier molecular flexibility index (Phi) is 1.07. The van der Waals surface area contributed by atoms with Gasteiger partial charge in [-0.3, -0.25) is 0 Å². The fraction of sp³-hybridized carbons (Fsp3) is 0. The van der Waals surface area contributed by atoms with E-state index in [9.17, 15) is 10.0 Å². The predicted molar refractivity (Wildman–Crippen MR) is 22.4 cm³/mol. The first-order chi connectivity index (χ1) is 4.20. The highest BCUT2D eigenvalue weighted by molar-refractivity contribution is 5.83. The number of aromatic nitrogens is 2. The fourth-order valence-electron chi connectivity index (χ4n) is 0.325. The Hall–Kier alpha value is -1.59. The Morgan fingerprint density at radius 2 is 2.67 bits per heavy atom. The van der Waals surface area contributed by atoms with Gasteiger partial charge in [0.15, 0.2) is 10.8 Å². The Balaban J connectivity index is 2.98. The summed E-state index contributed by atoms with van der Waals surface area (Å²) in [6.07, 6.45) is 0.829. The van der Waals surface area contributed by atoms with E-state index in [0.717, 1.165) is 6.20 Å². The second kappa shape index (κ2) is 1.73. The maximum absolute atomic E-state index is 9.97. The first-order valence-corrected chi connectivity index (χ1v) is 1.99. The highest BCUT2D eigenvalue weighted by Crippen LogP contribution is 1.89. The van der Waals surface area contributed by atoms with Crippen LogP contribution in [0.15, 0.2) is 10.7 Å². The molecule has 0 bridgehead atoms. The molecule has 6 nitrogen and oxygen atoms in total. The topological polar surface area (TPSA) is 90.3 Å². The van der Waals surface area contributed by atoms with E-state index in [1.807, 2.05) is 0 Å². The van der Waals surface area contributed by atoms with Crippen molar-refractivity contribution >= 4 is 5.97 Å². The Morgan fingerprint density at radius 1 is 2.00 bits per heavy atom. The Morgan fingerprint density at radius 3 is 2.89 bits per heavy atom. The third-order valence-electron chi connectivity index (χ3n) is 0.656. The van der Waals surface area contributed by atoms with Crippen molar-refractivity contribution in [2.45, 2.75) is 0 Å². The standard InChI is InChI=1S/C3H2N2O4/c6-3(7)2-1-4-5(8)9-2/h1H,(H,6,7). The molecular formula is C3H2N2O4. The maximum Gasteiger partial charge on any atom is 0.350 e. The first-order valence-electron chi connectivity index (χ1n) is 1.99. The van der Waals surface area contributed by atoms with Crippen LogP contribution < -0.4 is 5.02 Å². The quantitative estimate of drug-likeness (QED) is 0.492. The molecule has 0 amide bonds. The van der Waals surface area contributed by atoms with Crippen LogP contribution in [-0.2, 0) is 0 Å². The van der Waals surface area contributed by atoms with Gasteiger partial charge in [-0.05, 0) is 0 Å². The van der Waals surface area contributed by atoms with Crippen LogP contribution in [0.3, 0.4) is 0 Å². The minimum Gasteiger partial charge on any atom is -0.477 e. The molecule has 0 aliphatic heterocycles. The van der Waals surface area contributed by atoms with Crippen molar-refractivity contribution in [2.75, 3.05) is 0 Å². The van der Waals surface area contributed by atoms with Crippen molar-refractivity contribution in [1.29, 1.82) is 0 Å². The molecule has 0 aliphatic rings. The highest BCUT2D eigenvalue weighted by Gasteiger charge is 2.06. The van der Waals surface area contributed by atoms with Crippen LogP contribution in [-0.4, -0.2) is 16.2 Å². The number of carboxylic acid groups (broad SMARTS) is 1. The average molecular weight is 130 g/mol. The number of rotatable bonds is 1. The lowest BCUT2D eigenvalue weighted by atomic mass is 10.5. The first kappa shape index (κ1) is 5.54. The molecule has 1 aromatic rings. The number of carbonyl (C=O) groups is 1. The van der Waals surface area contributed by atoms with E-state index < -0.39 is 11.7 Å². The average Bonchev–Trinajstić information content (AvgIpc) is 2.14. The summed E-state index contributed by atoms with van der Waals surface area (Å²) < 4.78 is 4.00. The van der Waals surface area contributed by atoms with Crippen LogP contribution in [0, 0.1) is 5.21 Å². The lowest BCUT2D eigenvalue weighted by Crippen LogP contribution is -2.25. The normalized spacial score (nSPS) is 9.33. The SMILES string of the molecule is O=C(O)c1cn[n+]([O-])o1. The Labute approximate surface area is 48.9 Å². The third kappa shape index (κ3) is 0.958. The van der Waals surface area contributed by atoms with Crippen LogP contribution in [0.5, 0.6) is 0 Å². The number of hydrogen-bond donors (Lipinski definition) is 1. The zero-order valence-electron chi connectivity index (χ0n) is 4.14. The van der Waals surface area contributed by atoms with Gasteiger partial charge in [0, 0.05) is 0 Å². The van der Waals surface area contributed by atoms with Gasteiger partial charge in [-0.1, -0.05) is 0 Å². The molecule has 0 aromatic carbocycles. The van der Waals surface area contributed by atoms with Gasteiger partial charge in [0.05, 0.1) is 5.10 Å². The zero-order valence-corrected chi connectivity index (χ0v) is 4.14. The molecule has 0 spiro atoms. The van der Waals surface area contributed by atoms with Gasteiger partial charge in [-0.25, -0.2) is 10.0 Å². The molecule has 48 valence electrons. The summed E-state index contributed by atoms with van der Waals surface area (Å²) in [5.74, 6) is -1.78. The van der Waals surface area contributed by atoms with Crippen molar-refractivity contribution in [3.8, 4) is 0 Å². The molecule has 0 fully saturated rings. The smallest absolute Gasteiger partial charge is 0.350 e. The molecule has 0 saturated heterocycles. The number of hydrogen-bond acceptors (Lipinski definition) is 4. The van der Waals surface area contributed by atoms with Gasteiger partial charge in [0.2, 0.25) is 0 Å². The largest absolute Gasteiger partial charge is 0.477 e. The maximum atomic E-state index is 9.97. The van der Waals surface area contributed by atoms with E-state index in [1.54, 1.807) is 0 Å². The van der Waals surface area contributed by atoms with Crippen LogP contribution >= 0.6 is 0 Å². The van der Waals surface area contributed by atoms with Crippen LogP contribution in [0.25, 0.3) is 0 Å². The monoisotopic (exact) mass is 130 g/mol. The summed E-state index contributed by atoms with van der Waals surface area (Å²) in [6.45, 7) is 0. The molecule has 9 heavy (non-hydrogen) atoms. The number of nitrogens with zero attached hydrogens (tertiary/aromatic N) is 2. The summed E-state index contributed by atoms with van der Waals surface area (Å²) in [7, 11) is 0. The van der Waals surface area contributed by atoms with Gasteiger partial charge in [-0.2, -0.15) is 0 Å². The van der Waals surface area contributed by atoms with Crippen molar-refractivity contribution in [3.05, 3.63) is 17.2 Å². The van der Waals surface area contributed by atoms with Gasteiger partial charge >= 0.3 is 5.97 Å². The van der Waals surface area contributed by atoms with E-state index in [2.05, 4.69) is 9.62 Å². The van der Waals surface area contributed by atoms with E-state index in [-0.39, 0.29) is 5.02 Å².